The zero-order valence-electron chi connectivity index (χ0n) is 9.60. The maximum Gasteiger partial charge on any atom is 0.146 e. The summed E-state index contributed by atoms with van der Waals surface area (Å²) in [5, 5.41) is 2.67. The highest BCUT2D eigenvalue weighted by Crippen LogP contribution is 2.29. The van der Waals surface area contributed by atoms with Crippen LogP contribution in [0.2, 0.25) is 5.02 Å². The maximum absolute atomic E-state index is 13.6. The molecule has 5 heteroatoms. The van der Waals surface area contributed by atoms with Crippen molar-refractivity contribution in [3.63, 3.8) is 0 Å². The number of anilines is 3. The van der Waals surface area contributed by atoms with E-state index in [0.717, 1.165) is 11.6 Å². The van der Waals surface area contributed by atoms with Crippen LogP contribution in [0.3, 0.4) is 0 Å². The highest BCUT2D eigenvalue weighted by molar-refractivity contribution is 6.31. The van der Waals surface area contributed by atoms with Gasteiger partial charge in [-0.05, 0) is 30.7 Å². The Hall–Kier alpha value is -1.81. The Kier molecular flexibility index (Phi) is 3.39. The topological polar surface area (TPSA) is 38.0 Å². The van der Waals surface area contributed by atoms with Gasteiger partial charge in [0.2, 0.25) is 0 Å². The van der Waals surface area contributed by atoms with E-state index in [1.54, 1.807) is 19.1 Å². The molecule has 2 nitrogen and oxygen atoms in total. The molecule has 3 N–H and O–H groups in total. The van der Waals surface area contributed by atoms with Gasteiger partial charge in [-0.3, -0.25) is 0 Å². The van der Waals surface area contributed by atoms with E-state index in [1.165, 1.54) is 12.1 Å². The minimum atomic E-state index is -0.610. The van der Waals surface area contributed by atoms with Gasteiger partial charge >= 0.3 is 0 Å². The number of benzene rings is 2. The first-order chi connectivity index (χ1) is 8.47. The van der Waals surface area contributed by atoms with Crippen molar-refractivity contribution in [2.24, 2.45) is 0 Å². The van der Waals surface area contributed by atoms with Gasteiger partial charge in [0, 0.05) is 6.07 Å². The maximum atomic E-state index is 13.6. The van der Waals surface area contributed by atoms with E-state index < -0.39 is 11.6 Å². The lowest BCUT2D eigenvalue weighted by atomic mass is 10.2. The molecule has 94 valence electrons. The molecule has 2 rings (SSSR count). The van der Waals surface area contributed by atoms with E-state index in [1.807, 2.05) is 0 Å². The SMILES string of the molecule is Cc1ccc(Nc2cc(F)c(Cl)cc2N)c(F)c1. The highest BCUT2D eigenvalue weighted by Gasteiger charge is 2.08. The summed E-state index contributed by atoms with van der Waals surface area (Å²) in [6, 6.07) is 7.11. The monoisotopic (exact) mass is 268 g/mol. The molecular weight excluding hydrogens is 258 g/mol. The number of hydrogen-bond acceptors (Lipinski definition) is 2. The highest BCUT2D eigenvalue weighted by atomic mass is 35.5. The van der Waals surface area contributed by atoms with Crippen molar-refractivity contribution in [3.8, 4) is 0 Å². The van der Waals surface area contributed by atoms with Crippen LogP contribution in [0.4, 0.5) is 25.8 Å². The molecule has 0 aromatic heterocycles. The number of rotatable bonds is 2. The Balaban J connectivity index is 2.37. The van der Waals surface area contributed by atoms with Crippen LogP contribution in [0.25, 0.3) is 0 Å². The summed E-state index contributed by atoms with van der Waals surface area (Å²) < 4.78 is 26.9. The van der Waals surface area contributed by atoms with Crippen LogP contribution in [0.5, 0.6) is 0 Å². The summed E-state index contributed by atoms with van der Waals surface area (Å²) in [5.41, 5.74) is 7.24. The molecule has 0 aliphatic heterocycles. The van der Waals surface area contributed by atoms with Crippen LogP contribution in [0.15, 0.2) is 30.3 Å². The molecule has 0 radical (unpaired) electrons. The number of nitrogens with two attached hydrogens (primary N) is 1. The molecule has 0 amide bonds. The van der Waals surface area contributed by atoms with Crippen LogP contribution >= 0.6 is 11.6 Å². The Morgan fingerprint density at radius 1 is 1.06 bits per heavy atom. The summed E-state index contributed by atoms with van der Waals surface area (Å²) in [4.78, 5) is 0. The fourth-order valence-electron chi connectivity index (χ4n) is 1.54. The van der Waals surface area contributed by atoms with Crippen LogP contribution in [0, 0.1) is 18.6 Å². The largest absolute Gasteiger partial charge is 0.397 e. The molecule has 0 saturated carbocycles. The molecule has 0 atom stereocenters. The van der Waals surface area contributed by atoms with Gasteiger partial charge in [-0.2, -0.15) is 0 Å². The summed E-state index contributed by atoms with van der Waals surface area (Å²) in [7, 11) is 0. The second-order valence-corrected chi connectivity index (χ2v) is 4.37. The van der Waals surface area contributed by atoms with Gasteiger partial charge in [0.1, 0.15) is 11.6 Å². The molecule has 0 unspecified atom stereocenters. The molecule has 0 aliphatic carbocycles. The third-order valence-electron chi connectivity index (χ3n) is 2.49. The van der Waals surface area contributed by atoms with Crippen LogP contribution in [-0.4, -0.2) is 0 Å². The first-order valence-corrected chi connectivity index (χ1v) is 5.63. The van der Waals surface area contributed by atoms with Crippen molar-refractivity contribution in [1.29, 1.82) is 0 Å². The molecule has 0 heterocycles. The molecule has 0 spiro atoms. The second kappa shape index (κ2) is 4.82. The van der Waals surface area contributed by atoms with Crippen molar-refractivity contribution in [2.75, 3.05) is 11.1 Å². The zero-order chi connectivity index (χ0) is 13.3. The summed E-state index contributed by atoms with van der Waals surface area (Å²) >= 11 is 5.58. The average molecular weight is 269 g/mol. The molecule has 0 saturated heterocycles. The van der Waals surface area contributed by atoms with E-state index in [0.29, 0.717) is 0 Å². The Morgan fingerprint density at radius 3 is 2.44 bits per heavy atom. The van der Waals surface area contributed by atoms with Gasteiger partial charge in [-0.25, -0.2) is 8.78 Å². The second-order valence-electron chi connectivity index (χ2n) is 3.96. The predicted molar refractivity (Wildman–Crippen MR) is 70.2 cm³/mol. The smallest absolute Gasteiger partial charge is 0.146 e. The van der Waals surface area contributed by atoms with Gasteiger partial charge in [0.25, 0.3) is 0 Å². The van der Waals surface area contributed by atoms with E-state index in [9.17, 15) is 8.78 Å². The fraction of sp³-hybridized carbons (Fsp3) is 0.0769. The predicted octanol–water partition coefficient (Wildman–Crippen LogP) is 4.25. The fourth-order valence-corrected chi connectivity index (χ4v) is 1.71. The average Bonchev–Trinajstić information content (AvgIpc) is 2.29. The zero-order valence-corrected chi connectivity index (χ0v) is 10.4. The number of halogens is 3. The number of nitrogen functional groups attached to an aromatic ring is 1. The number of hydrogen-bond donors (Lipinski definition) is 2. The van der Waals surface area contributed by atoms with E-state index in [2.05, 4.69) is 5.32 Å². The molecule has 18 heavy (non-hydrogen) atoms. The lowest BCUT2D eigenvalue weighted by molar-refractivity contribution is 0.627. The minimum Gasteiger partial charge on any atom is -0.397 e. The molecule has 0 aliphatic rings. The molecule has 2 aromatic carbocycles. The van der Waals surface area contributed by atoms with Crippen molar-refractivity contribution in [3.05, 3.63) is 52.6 Å². The first kappa shape index (κ1) is 12.6. The van der Waals surface area contributed by atoms with Crippen molar-refractivity contribution in [1.82, 2.24) is 0 Å². The lowest BCUT2D eigenvalue weighted by Gasteiger charge is -2.11. The molecule has 0 fully saturated rings. The van der Waals surface area contributed by atoms with E-state index >= 15 is 0 Å². The Morgan fingerprint density at radius 2 is 1.78 bits per heavy atom. The molecule has 2 aromatic rings. The van der Waals surface area contributed by atoms with Crippen LogP contribution < -0.4 is 11.1 Å². The minimum absolute atomic E-state index is 0.0672. The van der Waals surface area contributed by atoms with Gasteiger partial charge in [0.05, 0.1) is 22.1 Å². The van der Waals surface area contributed by atoms with E-state index in [-0.39, 0.29) is 22.1 Å². The van der Waals surface area contributed by atoms with Gasteiger partial charge < -0.3 is 11.1 Å². The van der Waals surface area contributed by atoms with Gasteiger partial charge in [0.15, 0.2) is 0 Å². The Labute approximate surface area is 108 Å². The van der Waals surface area contributed by atoms with E-state index in [4.69, 9.17) is 17.3 Å². The van der Waals surface area contributed by atoms with Crippen molar-refractivity contribution >= 4 is 28.7 Å². The molecule has 0 bridgehead atoms. The quantitative estimate of drug-likeness (QED) is 0.799. The normalized spacial score (nSPS) is 10.4. The van der Waals surface area contributed by atoms with Crippen molar-refractivity contribution < 1.29 is 8.78 Å². The summed E-state index contributed by atoms with van der Waals surface area (Å²) in [5.74, 6) is -1.04. The summed E-state index contributed by atoms with van der Waals surface area (Å²) in [6.45, 7) is 1.78. The van der Waals surface area contributed by atoms with Gasteiger partial charge in [-0.15, -0.1) is 0 Å². The first-order valence-electron chi connectivity index (χ1n) is 5.25. The van der Waals surface area contributed by atoms with Crippen LogP contribution in [-0.2, 0) is 0 Å². The standard InChI is InChI=1S/C13H11ClF2N2/c1-7-2-3-12(10(16)4-7)18-13-6-9(15)8(14)5-11(13)17/h2-6,18H,17H2,1H3. The Bertz CT molecular complexity index is 600. The third-order valence-corrected chi connectivity index (χ3v) is 2.78. The van der Waals surface area contributed by atoms with Crippen LogP contribution in [0.1, 0.15) is 5.56 Å². The lowest BCUT2D eigenvalue weighted by Crippen LogP contribution is -1.99. The van der Waals surface area contributed by atoms with Crippen molar-refractivity contribution in [2.45, 2.75) is 6.92 Å². The summed E-state index contributed by atoms with van der Waals surface area (Å²) in [6.07, 6.45) is 0. The molecular formula is C13H11ClF2N2. The van der Waals surface area contributed by atoms with Gasteiger partial charge in [-0.1, -0.05) is 17.7 Å². The third kappa shape index (κ3) is 2.54. The number of aryl methyl sites for hydroxylation is 1. The number of nitrogens with one attached hydrogen (secondary N) is 1.